The van der Waals surface area contributed by atoms with Crippen molar-refractivity contribution < 1.29 is 14.3 Å². The lowest BCUT2D eigenvalue weighted by molar-refractivity contribution is -0.224. The van der Waals surface area contributed by atoms with Gasteiger partial charge < -0.3 is 19.8 Å². The van der Waals surface area contributed by atoms with Gasteiger partial charge in [-0.3, -0.25) is 0 Å². The highest BCUT2D eigenvalue weighted by molar-refractivity contribution is 5.79. The SMILES string of the molecule is CN1OC2(CC3(CCOC(C)(C)C3)Oc3ccc(-c4cccc(-n5cccc5)n4)cc32)N=C1N. The average Bonchev–Trinajstić information content (AvgIpc) is 3.42. The number of hydrogen-bond donors (Lipinski definition) is 1. The Morgan fingerprint density at radius 1 is 1.03 bits per heavy atom. The molecule has 3 aliphatic rings. The van der Waals surface area contributed by atoms with E-state index in [1.807, 2.05) is 59.4 Å². The van der Waals surface area contributed by atoms with Gasteiger partial charge in [0.15, 0.2) is 0 Å². The first-order chi connectivity index (χ1) is 16.3. The summed E-state index contributed by atoms with van der Waals surface area (Å²) in [6.45, 7) is 4.83. The van der Waals surface area contributed by atoms with Crippen LogP contribution in [0.25, 0.3) is 17.1 Å². The third-order valence-corrected chi connectivity index (χ3v) is 6.89. The van der Waals surface area contributed by atoms with Gasteiger partial charge in [0.05, 0.1) is 23.5 Å². The van der Waals surface area contributed by atoms with Crippen molar-refractivity contribution in [1.29, 1.82) is 0 Å². The number of pyridine rings is 1. The summed E-state index contributed by atoms with van der Waals surface area (Å²) in [4.78, 5) is 16.1. The molecule has 1 fully saturated rings. The molecule has 3 aromatic rings. The number of nitrogens with two attached hydrogens (primary N) is 1. The molecule has 5 heterocycles. The van der Waals surface area contributed by atoms with Crippen molar-refractivity contribution in [2.24, 2.45) is 10.7 Å². The predicted molar refractivity (Wildman–Crippen MR) is 128 cm³/mol. The molecule has 3 aliphatic heterocycles. The van der Waals surface area contributed by atoms with Crippen molar-refractivity contribution in [3.05, 3.63) is 66.5 Å². The van der Waals surface area contributed by atoms with Gasteiger partial charge in [-0.1, -0.05) is 6.07 Å². The Bertz CT molecular complexity index is 1270. The molecule has 0 bridgehead atoms. The lowest BCUT2D eigenvalue weighted by atomic mass is 9.75. The second kappa shape index (κ2) is 7.32. The number of rotatable bonds is 2. The first-order valence-electron chi connectivity index (χ1n) is 11.6. The lowest BCUT2D eigenvalue weighted by Gasteiger charge is -2.50. The van der Waals surface area contributed by atoms with Gasteiger partial charge in [0.2, 0.25) is 11.7 Å². The van der Waals surface area contributed by atoms with Crippen LogP contribution in [0.2, 0.25) is 0 Å². The molecular formula is C26H29N5O3. The molecule has 176 valence electrons. The Kier molecular flexibility index (Phi) is 4.56. The summed E-state index contributed by atoms with van der Waals surface area (Å²) in [6.07, 6.45) is 6.03. The second-order valence-corrected chi connectivity index (χ2v) is 10.0. The van der Waals surface area contributed by atoms with Gasteiger partial charge in [0, 0.05) is 44.3 Å². The van der Waals surface area contributed by atoms with Crippen LogP contribution in [0.4, 0.5) is 0 Å². The van der Waals surface area contributed by atoms with Crippen LogP contribution >= 0.6 is 0 Å². The molecule has 0 amide bonds. The van der Waals surface area contributed by atoms with E-state index < -0.39 is 11.3 Å². The summed E-state index contributed by atoms with van der Waals surface area (Å²) in [5, 5.41) is 1.55. The highest BCUT2D eigenvalue weighted by Crippen LogP contribution is 2.54. The summed E-state index contributed by atoms with van der Waals surface area (Å²) in [5.74, 6) is 1.97. The highest BCUT2D eigenvalue weighted by atomic mass is 16.7. The fourth-order valence-corrected chi connectivity index (χ4v) is 5.50. The fourth-order valence-electron chi connectivity index (χ4n) is 5.50. The summed E-state index contributed by atoms with van der Waals surface area (Å²) in [6, 6.07) is 16.1. The fraction of sp³-hybridized carbons (Fsp3) is 0.385. The number of hydroxylamine groups is 2. The normalized spacial score (nSPS) is 27.5. The summed E-state index contributed by atoms with van der Waals surface area (Å²) >= 11 is 0. The number of aliphatic imine (C=N–C) groups is 1. The minimum absolute atomic E-state index is 0.292. The quantitative estimate of drug-likeness (QED) is 0.624. The second-order valence-electron chi connectivity index (χ2n) is 10.0. The van der Waals surface area contributed by atoms with Crippen molar-refractivity contribution in [2.45, 2.75) is 50.0 Å². The number of nitrogens with zero attached hydrogens (tertiary/aromatic N) is 4. The number of ether oxygens (including phenoxy) is 2. The van der Waals surface area contributed by atoms with Crippen LogP contribution in [-0.4, -0.2) is 45.4 Å². The molecule has 0 saturated carbocycles. The molecule has 0 radical (unpaired) electrons. The van der Waals surface area contributed by atoms with Crippen LogP contribution < -0.4 is 10.5 Å². The topological polar surface area (TPSA) is 87.1 Å². The van der Waals surface area contributed by atoms with E-state index in [1.165, 1.54) is 0 Å². The van der Waals surface area contributed by atoms with Gasteiger partial charge in [-0.25, -0.2) is 19.9 Å². The van der Waals surface area contributed by atoms with Crippen LogP contribution in [0.5, 0.6) is 5.75 Å². The average molecular weight is 460 g/mol. The smallest absolute Gasteiger partial charge is 0.222 e. The Morgan fingerprint density at radius 2 is 1.85 bits per heavy atom. The summed E-state index contributed by atoms with van der Waals surface area (Å²) < 4.78 is 14.7. The zero-order valence-electron chi connectivity index (χ0n) is 19.7. The molecule has 0 aliphatic carbocycles. The van der Waals surface area contributed by atoms with Crippen molar-refractivity contribution >= 4 is 5.96 Å². The lowest BCUT2D eigenvalue weighted by Crippen LogP contribution is -2.55. The molecule has 2 atom stereocenters. The van der Waals surface area contributed by atoms with E-state index in [9.17, 15) is 0 Å². The van der Waals surface area contributed by atoms with Crippen LogP contribution in [0.3, 0.4) is 0 Å². The summed E-state index contributed by atoms with van der Waals surface area (Å²) in [5.41, 5.74) is 7.20. The van der Waals surface area contributed by atoms with E-state index in [2.05, 4.69) is 19.9 Å². The van der Waals surface area contributed by atoms with E-state index in [4.69, 9.17) is 30.0 Å². The van der Waals surface area contributed by atoms with E-state index >= 15 is 0 Å². The van der Waals surface area contributed by atoms with Gasteiger partial charge in [-0.05, 0) is 56.3 Å². The van der Waals surface area contributed by atoms with Gasteiger partial charge >= 0.3 is 0 Å². The standard InChI is InChI=1S/C26H29N5O3/c1-24(2)16-25(11-14-32-24)17-26(29-23(27)30(3)34-26)19-15-18(9-10-21(19)33-25)20-7-6-8-22(28-20)31-12-4-5-13-31/h4-10,12-13,15H,11,14,16-17H2,1-3H3,(H2,27,29). The van der Waals surface area contributed by atoms with Crippen LogP contribution in [0.15, 0.2) is 65.9 Å². The first kappa shape index (κ1) is 21.2. The number of hydrogen-bond acceptors (Lipinski definition) is 7. The van der Waals surface area contributed by atoms with Crippen molar-refractivity contribution in [3.8, 4) is 22.8 Å². The van der Waals surface area contributed by atoms with Crippen LogP contribution in [0, 0.1) is 0 Å². The highest BCUT2D eigenvalue weighted by Gasteiger charge is 2.57. The Balaban J connectivity index is 1.45. The van der Waals surface area contributed by atoms with Crippen molar-refractivity contribution in [3.63, 3.8) is 0 Å². The van der Waals surface area contributed by atoms with Gasteiger partial charge in [-0.2, -0.15) is 0 Å². The molecule has 2 unspecified atom stereocenters. The Labute approximate surface area is 198 Å². The van der Waals surface area contributed by atoms with Crippen LogP contribution in [-0.2, 0) is 15.3 Å². The first-order valence-corrected chi connectivity index (χ1v) is 11.6. The zero-order chi connectivity index (χ0) is 23.6. The molecule has 2 spiro atoms. The van der Waals surface area contributed by atoms with Crippen molar-refractivity contribution in [1.82, 2.24) is 14.6 Å². The molecule has 1 saturated heterocycles. The Hall–Kier alpha value is -3.36. The zero-order valence-corrected chi connectivity index (χ0v) is 19.7. The molecule has 8 heteroatoms. The predicted octanol–water partition coefficient (Wildman–Crippen LogP) is 3.99. The molecule has 8 nitrogen and oxygen atoms in total. The Morgan fingerprint density at radius 3 is 2.59 bits per heavy atom. The molecule has 6 rings (SSSR count). The van der Waals surface area contributed by atoms with Gasteiger partial charge in [0.25, 0.3) is 0 Å². The third-order valence-electron chi connectivity index (χ3n) is 6.89. The molecule has 2 aromatic heterocycles. The number of fused-ring (bicyclic) bond motifs is 2. The summed E-state index contributed by atoms with van der Waals surface area (Å²) in [7, 11) is 1.79. The van der Waals surface area contributed by atoms with E-state index in [-0.39, 0.29) is 5.60 Å². The molecule has 1 aromatic carbocycles. The maximum absolute atomic E-state index is 6.71. The van der Waals surface area contributed by atoms with Gasteiger partial charge in [0.1, 0.15) is 17.2 Å². The third kappa shape index (κ3) is 3.45. The van der Waals surface area contributed by atoms with Crippen molar-refractivity contribution in [2.75, 3.05) is 13.7 Å². The number of guanidine groups is 1. The van der Waals surface area contributed by atoms with E-state index in [0.717, 1.165) is 41.2 Å². The minimum Gasteiger partial charge on any atom is -0.486 e. The van der Waals surface area contributed by atoms with E-state index in [0.29, 0.717) is 19.0 Å². The number of aromatic nitrogens is 2. The molecular weight excluding hydrogens is 430 g/mol. The van der Waals surface area contributed by atoms with Gasteiger partial charge in [-0.15, -0.1) is 0 Å². The van der Waals surface area contributed by atoms with E-state index in [1.54, 1.807) is 12.1 Å². The van der Waals surface area contributed by atoms with Crippen LogP contribution in [0.1, 0.15) is 38.7 Å². The molecule has 34 heavy (non-hydrogen) atoms. The minimum atomic E-state index is -0.951. The maximum atomic E-state index is 6.71. The molecule has 2 N–H and O–H groups in total. The maximum Gasteiger partial charge on any atom is 0.222 e. The number of benzene rings is 1. The monoisotopic (exact) mass is 459 g/mol. The largest absolute Gasteiger partial charge is 0.486 e.